The smallest absolute Gasteiger partial charge is 0.358 e. The number of hydrogen-bond donors (Lipinski definition) is 1. The maximum atomic E-state index is 11.0. The number of alkyl halides is 3. The molecule has 0 saturated carbocycles. The average Bonchev–Trinajstić information content (AvgIpc) is 2.50. The van der Waals surface area contributed by atoms with Crippen LogP contribution in [0.3, 0.4) is 0 Å². The summed E-state index contributed by atoms with van der Waals surface area (Å²) < 4.78 is 2.86. The number of nitrogens with one attached hydrogen (secondary N) is 1. The maximum Gasteiger partial charge on any atom is 0.358 e. The number of ether oxygens (including phenoxy) is 1. The van der Waals surface area contributed by atoms with Crippen molar-refractivity contribution in [1.29, 1.82) is 0 Å². The fraction of sp³-hybridized carbons (Fsp3) is 0.857. The largest absolute Gasteiger partial charge is 0.462 e. The zero-order valence-corrected chi connectivity index (χ0v) is 10.3. The topological polar surface area (TPSA) is 38.3 Å². The normalized spacial score (nSPS) is 21.5. The number of rotatable bonds is 2. The van der Waals surface area contributed by atoms with Crippen molar-refractivity contribution in [2.24, 2.45) is 5.92 Å². The quantitative estimate of drug-likeness (QED) is 0.621. The molecule has 0 aliphatic carbocycles. The van der Waals surface area contributed by atoms with Gasteiger partial charge in [-0.25, -0.2) is 4.79 Å². The van der Waals surface area contributed by atoms with Crippen LogP contribution in [0.1, 0.15) is 6.42 Å². The molecule has 1 fully saturated rings. The highest BCUT2D eigenvalue weighted by Gasteiger charge is 2.33. The van der Waals surface area contributed by atoms with Gasteiger partial charge in [0.2, 0.25) is 0 Å². The predicted molar refractivity (Wildman–Crippen MR) is 59.5 cm³/mol. The van der Waals surface area contributed by atoms with Crippen LogP contribution in [0.2, 0.25) is 0 Å². The third-order valence-corrected chi connectivity index (χ3v) is 2.31. The molecule has 1 heterocycles. The molecule has 1 N–H and O–H groups in total. The summed E-state index contributed by atoms with van der Waals surface area (Å²) in [5.41, 5.74) is 0. The Labute approximate surface area is 104 Å². The maximum absolute atomic E-state index is 11.0. The van der Waals surface area contributed by atoms with Gasteiger partial charge in [0.05, 0.1) is 6.61 Å². The summed E-state index contributed by atoms with van der Waals surface area (Å²) in [5, 5.41) is 3.14. The predicted octanol–water partition coefficient (Wildman–Crippen LogP) is 1.93. The Morgan fingerprint density at radius 1 is 1.50 bits per heavy atom. The molecule has 0 aromatic carbocycles. The summed E-state index contributed by atoms with van der Waals surface area (Å²) in [6.07, 6.45) is 0.993. The van der Waals surface area contributed by atoms with Crippen molar-refractivity contribution in [1.82, 2.24) is 5.32 Å². The minimum atomic E-state index is -1.95. The van der Waals surface area contributed by atoms with Crippen LogP contribution < -0.4 is 5.32 Å². The van der Waals surface area contributed by atoms with Gasteiger partial charge < -0.3 is 10.1 Å². The first-order chi connectivity index (χ1) is 6.00. The molecule has 7 heteroatoms. The lowest BCUT2D eigenvalue weighted by atomic mass is 10.1. The standard InChI is InChI=1S/C7H10Cl3NO2.ClH/c8-7(9,10)6(12)13-4-5-1-2-11-3-5;/h5,11H,1-4H2;1H. The SMILES string of the molecule is Cl.O=C(OCC1CCNC1)C(Cl)(Cl)Cl. The average molecular weight is 283 g/mol. The van der Waals surface area contributed by atoms with Crippen LogP contribution in [-0.4, -0.2) is 29.5 Å². The van der Waals surface area contributed by atoms with E-state index < -0.39 is 9.76 Å². The van der Waals surface area contributed by atoms with Crippen molar-refractivity contribution in [3.8, 4) is 0 Å². The van der Waals surface area contributed by atoms with E-state index in [9.17, 15) is 4.79 Å². The molecule has 0 aromatic heterocycles. The third kappa shape index (κ3) is 4.89. The van der Waals surface area contributed by atoms with Crippen LogP contribution in [-0.2, 0) is 9.53 Å². The van der Waals surface area contributed by atoms with Gasteiger partial charge in [-0.1, -0.05) is 34.8 Å². The molecule has 1 unspecified atom stereocenters. The molecule has 14 heavy (non-hydrogen) atoms. The number of carbonyl (C=O) groups excluding carboxylic acids is 1. The Kier molecular flexibility index (Phi) is 6.50. The Morgan fingerprint density at radius 2 is 2.14 bits per heavy atom. The lowest BCUT2D eigenvalue weighted by Gasteiger charge is -2.13. The third-order valence-electron chi connectivity index (χ3n) is 1.84. The summed E-state index contributed by atoms with van der Waals surface area (Å²) >= 11 is 15.9. The zero-order valence-electron chi connectivity index (χ0n) is 7.26. The zero-order chi connectivity index (χ0) is 9.90. The highest BCUT2D eigenvalue weighted by atomic mass is 35.6. The molecule has 1 rings (SSSR count). The molecule has 84 valence electrons. The van der Waals surface area contributed by atoms with Gasteiger partial charge in [-0.15, -0.1) is 12.4 Å². The molecule has 0 amide bonds. The Bertz CT molecular complexity index is 189. The van der Waals surface area contributed by atoms with Gasteiger partial charge in [-0.2, -0.15) is 0 Å². The summed E-state index contributed by atoms with van der Waals surface area (Å²) in [6.45, 7) is 2.13. The molecule has 1 atom stereocenters. The van der Waals surface area contributed by atoms with E-state index >= 15 is 0 Å². The molecule has 3 nitrogen and oxygen atoms in total. The number of hydrogen-bond acceptors (Lipinski definition) is 3. The van der Waals surface area contributed by atoms with Gasteiger partial charge in [-0.05, 0) is 13.0 Å². The second-order valence-electron chi connectivity index (χ2n) is 2.96. The number of carbonyl (C=O) groups is 1. The first-order valence-corrected chi connectivity index (χ1v) is 5.08. The first kappa shape index (κ1) is 14.6. The van der Waals surface area contributed by atoms with Crippen LogP contribution in [0.5, 0.6) is 0 Å². The second-order valence-corrected chi connectivity index (χ2v) is 5.24. The van der Waals surface area contributed by atoms with Gasteiger partial charge in [0.1, 0.15) is 0 Å². The van der Waals surface area contributed by atoms with Crippen molar-refractivity contribution in [2.75, 3.05) is 19.7 Å². The van der Waals surface area contributed by atoms with E-state index in [0.29, 0.717) is 12.5 Å². The van der Waals surface area contributed by atoms with E-state index in [1.165, 1.54) is 0 Å². The first-order valence-electron chi connectivity index (χ1n) is 3.95. The molecule has 0 spiro atoms. The fourth-order valence-electron chi connectivity index (χ4n) is 1.13. The summed E-state index contributed by atoms with van der Waals surface area (Å²) in [6, 6.07) is 0. The molecule has 0 bridgehead atoms. The minimum absolute atomic E-state index is 0. The van der Waals surface area contributed by atoms with Gasteiger partial charge in [0.25, 0.3) is 3.79 Å². The number of esters is 1. The summed E-state index contributed by atoms with van der Waals surface area (Å²) in [5.74, 6) is -0.458. The van der Waals surface area contributed by atoms with Crippen LogP contribution in [0.25, 0.3) is 0 Å². The molecule has 1 saturated heterocycles. The molecule has 0 aromatic rings. The van der Waals surface area contributed by atoms with E-state index in [2.05, 4.69) is 5.32 Å². The molecule has 0 radical (unpaired) electrons. The van der Waals surface area contributed by atoms with E-state index in [1.54, 1.807) is 0 Å². The highest BCUT2D eigenvalue weighted by molar-refractivity contribution is 6.75. The van der Waals surface area contributed by atoms with Crippen molar-refractivity contribution >= 4 is 53.2 Å². The molecular weight excluding hydrogens is 272 g/mol. The fourth-order valence-corrected chi connectivity index (χ4v) is 1.30. The Hall–Kier alpha value is 0.590. The van der Waals surface area contributed by atoms with Crippen LogP contribution >= 0.6 is 47.2 Å². The van der Waals surface area contributed by atoms with E-state index in [1.807, 2.05) is 0 Å². The molecular formula is C7H11Cl4NO2. The van der Waals surface area contributed by atoms with Gasteiger partial charge >= 0.3 is 5.97 Å². The van der Waals surface area contributed by atoms with Crippen molar-refractivity contribution in [3.63, 3.8) is 0 Å². The molecule has 1 aliphatic heterocycles. The van der Waals surface area contributed by atoms with Gasteiger partial charge in [-0.3, -0.25) is 0 Å². The van der Waals surface area contributed by atoms with Crippen LogP contribution in [0.15, 0.2) is 0 Å². The highest BCUT2D eigenvalue weighted by Crippen LogP contribution is 2.27. The van der Waals surface area contributed by atoms with E-state index in [0.717, 1.165) is 19.5 Å². The van der Waals surface area contributed by atoms with Crippen molar-refractivity contribution < 1.29 is 9.53 Å². The Morgan fingerprint density at radius 3 is 2.57 bits per heavy atom. The van der Waals surface area contributed by atoms with E-state index in [4.69, 9.17) is 39.5 Å². The molecule has 1 aliphatic rings. The van der Waals surface area contributed by atoms with E-state index in [-0.39, 0.29) is 12.4 Å². The lowest BCUT2D eigenvalue weighted by molar-refractivity contribution is -0.143. The summed E-state index contributed by atoms with van der Waals surface area (Å²) in [7, 11) is 0. The van der Waals surface area contributed by atoms with Crippen molar-refractivity contribution in [2.45, 2.75) is 10.2 Å². The van der Waals surface area contributed by atoms with Crippen LogP contribution in [0.4, 0.5) is 0 Å². The van der Waals surface area contributed by atoms with Crippen molar-refractivity contribution in [3.05, 3.63) is 0 Å². The second kappa shape index (κ2) is 6.23. The Balaban J connectivity index is 0.00000169. The summed E-state index contributed by atoms with van der Waals surface area (Å²) in [4.78, 5) is 11.0. The van der Waals surface area contributed by atoms with Crippen LogP contribution in [0, 0.1) is 5.92 Å². The number of halogens is 4. The lowest BCUT2D eigenvalue weighted by Crippen LogP contribution is -2.25. The van der Waals surface area contributed by atoms with Gasteiger partial charge in [0, 0.05) is 12.5 Å². The minimum Gasteiger partial charge on any atom is -0.462 e. The van der Waals surface area contributed by atoms with Gasteiger partial charge in [0.15, 0.2) is 0 Å². The monoisotopic (exact) mass is 281 g/mol.